The number of nitro benzene ring substituents is 1. The van der Waals surface area contributed by atoms with E-state index < -0.39 is 0 Å². The Morgan fingerprint density at radius 1 is 1.45 bits per heavy atom. The van der Waals surface area contributed by atoms with Crippen LogP contribution in [0.2, 0.25) is 0 Å². The lowest BCUT2D eigenvalue weighted by Gasteiger charge is -2.47. The summed E-state index contributed by atoms with van der Waals surface area (Å²) >= 11 is 3.33. The summed E-state index contributed by atoms with van der Waals surface area (Å²) in [6.07, 6.45) is 3.70. The van der Waals surface area contributed by atoms with Crippen LogP contribution in [0.3, 0.4) is 0 Å². The zero-order valence-corrected chi connectivity index (χ0v) is 13.4. The molecule has 1 saturated carbocycles. The number of likely N-dealkylation sites (N-methyl/N-ethyl adjacent to an activating group) is 1. The summed E-state index contributed by atoms with van der Waals surface area (Å²) in [6, 6.07) is 5.15. The number of rotatable bonds is 6. The van der Waals surface area contributed by atoms with Crippen LogP contribution in [0.1, 0.15) is 24.8 Å². The molecule has 0 saturated heterocycles. The van der Waals surface area contributed by atoms with Crippen LogP contribution in [0.5, 0.6) is 0 Å². The highest BCUT2D eigenvalue weighted by Gasteiger charge is 2.38. The Hall–Kier alpha value is -0.980. The molecule has 2 rings (SSSR count). The van der Waals surface area contributed by atoms with Gasteiger partial charge in [0.1, 0.15) is 0 Å². The molecule has 1 aliphatic rings. The molecular formula is C14H20BrN3O2. The van der Waals surface area contributed by atoms with Crippen molar-refractivity contribution in [1.82, 2.24) is 10.2 Å². The predicted octanol–water partition coefficient (Wildman–Crippen LogP) is 2.93. The third kappa shape index (κ3) is 3.02. The van der Waals surface area contributed by atoms with E-state index in [1.807, 2.05) is 6.07 Å². The number of nitrogens with zero attached hydrogens (tertiary/aromatic N) is 2. The molecule has 0 radical (unpaired) electrons. The molecule has 0 spiro atoms. The van der Waals surface area contributed by atoms with Crippen LogP contribution in [-0.2, 0) is 6.54 Å². The Balaban J connectivity index is 1.98. The van der Waals surface area contributed by atoms with Crippen molar-refractivity contribution in [2.45, 2.75) is 31.3 Å². The number of hydrogen-bond donors (Lipinski definition) is 1. The van der Waals surface area contributed by atoms with Crippen LogP contribution < -0.4 is 5.32 Å². The van der Waals surface area contributed by atoms with Gasteiger partial charge in [-0.05, 0) is 54.9 Å². The van der Waals surface area contributed by atoms with E-state index in [1.54, 1.807) is 6.07 Å². The topological polar surface area (TPSA) is 58.4 Å². The summed E-state index contributed by atoms with van der Waals surface area (Å²) in [5.74, 6) is 0. The third-order valence-corrected chi connectivity index (χ3v) is 5.17. The Morgan fingerprint density at radius 3 is 2.65 bits per heavy atom. The van der Waals surface area contributed by atoms with Crippen molar-refractivity contribution in [3.63, 3.8) is 0 Å². The molecular weight excluding hydrogens is 322 g/mol. The first-order valence-corrected chi connectivity index (χ1v) is 7.55. The number of hydrogen-bond acceptors (Lipinski definition) is 4. The van der Waals surface area contributed by atoms with Crippen molar-refractivity contribution in [1.29, 1.82) is 0 Å². The molecule has 6 heteroatoms. The quantitative estimate of drug-likeness (QED) is 0.638. The number of benzene rings is 1. The van der Waals surface area contributed by atoms with Gasteiger partial charge in [0.2, 0.25) is 0 Å². The molecule has 1 aliphatic carbocycles. The second kappa shape index (κ2) is 6.20. The average molecular weight is 342 g/mol. The second-order valence-electron chi connectivity index (χ2n) is 5.58. The maximum Gasteiger partial charge on any atom is 0.283 e. The van der Waals surface area contributed by atoms with Gasteiger partial charge in [0, 0.05) is 24.7 Å². The summed E-state index contributed by atoms with van der Waals surface area (Å²) < 4.78 is 0.574. The number of halogens is 1. The van der Waals surface area contributed by atoms with Crippen molar-refractivity contribution in [2.24, 2.45) is 0 Å². The average Bonchev–Trinajstić information content (AvgIpc) is 2.33. The summed E-state index contributed by atoms with van der Waals surface area (Å²) in [5.41, 5.74) is 1.30. The van der Waals surface area contributed by atoms with Gasteiger partial charge in [-0.3, -0.25) is 10.1 Å². The van der Waals surface area contributed by atoms with E-state index in [1.165, 1.54) is 25.3 Å². The molecule has 0 heterocycles. The van der Waals surface area contributed by atoms with Crippen molar-refractivity contribution in [3.8, 4) is 0 Å². The zero-order valence-electron chi connectivity index (χ0n) is 11.9. The molecule has 110 valence electrons. The summed E-state index contributed by atoms with van der Waals surface area (Å²) in [5, 5.41) is 14.3. The largest absolute Gasteiger partial charge is 0.311 e. The first kappa shape index (κ1) is 15.4. The predicted molar refractivity (Wildman–Crippen MR) is 82.8 cm³/mol. The van der Waals surface area contributed by atoms with Crippen molar-refractivity contribution < 1.29 is 4.92 Å². The van der Waals surface area contributed by atoms with Crippen LogP contribution in [-0.4, -0.2) is 36.0 Å². The van der Waals surface area contributed by atoms with Gasteiger partial charge in [0.15, 0.2) is 0 Å². The minimum atomic E-state index is -0.360. The van der Waals surface area contributed by atoms with Gasteiger partial charge < -0.3 is 10.2 Å². The maximum atomic E-state index is 10.9. The fourth-order valence-electron chi connectivity index (χ4n) is 2.64. The lowest BCUT2D eigenvalue weighted by molar-refractivity contribution is -0.385. The van der Waals surface area contributed by atoms with Crippen molar-refractivity contribution in [2.75, 3.05) is 20.6 Å². The van der Waals surface area contributed by atoms with Crippen LogP contribution in [0.25, 0.3) is 0 Å². The minimum absolute atomic E-state index is 0.121. The summed E-state index contributed by atoms with van der Waals surface area (Å²) in [7, 11) is 4.23. The highest BCUT2D eigenvalue weighted by Crippen LogP contribution is 2.35. The van der Waals surface area contributed by atoms with E-state index in [0.717, 1.165) is 12.1 Å². The SMILES string of the molecule is CN(C)C1(CNCc2cccc([N+](=O)[O-])c2Br)CCC1. The van der Waals surface area contributed by atoms with E-state index in [4.69, 9.17) is 0 Å². The van der Waals surface area contributed by atoms with Crippen LogP contribution in [0.15, 0.2) is 22.7 Å². The molecule has 5 nitrogen and oxygen atoms in total. The van der Waals surface area contributed by atoms with E-state index in [2.05, 4.69) is 40.2 Å². The lowest BCUT2D eigenvalue weighted by Crippen LogP contribution is -2.56. The Bertz CT molecular complexity index is 501. The normalized spacial score (nSPS) is 17.0. The standard InChI is InChI=1S/C14H20BrN3O2/c1-17(2)14(7-4-8-14)10-16-9-11-5-3-6-12(13(11)15)18(19)20/h3,5-6,16H,4,7-10H2,1-2H3. The van der Waals surface area contributed by atoms with Crippen LogP contribution in [0, 0.1) is 10.1 Å². The second-order valence-corrected chi connectivity index (χ2v) is 6.38. The van der Waals surface area contributed by atoms with Gasteiger partial charge in [-0.15, -0.1) is 0 Å². The highest BCUT2D eigenvalue weighted by molar-refractivity contribution is 9.10. The fourth-order valence-corrected chi connectivity index (χ4v) is 3.19. The molecule has 0 unspecified atom stereocenters. The molecule has 0 aliphatic heterocycles. The third-order valence-electron chi connectivity index (χ3n) is 4.26. The summed E-state index contributed by atoms with van der Waals surface area (Å²) in [6.45, 7) is 1.55. The fraction of sp³-hybridized carbons (Fsp3) is 0.571. The number of nitro groups is 1. The molecule has 0 amide bonds. The van der Waals surface area contributed by atoms with Gasteiger partial charge >= 0.3 is 0 Å². The molecule has 1 fully saturated rings. The minimum Gasteiger partial charge on any atom is -0.311 e. The monoisotopic (exact) mass is 341 g/mol. The van der Waals surface area contributed by atoms with Gasteiger partial charge in [-0.2, -0.15) is 0 Å². The van der Waals surface area contributed by atoms with E-state index in [9.17, 15) is 10.1 Å². The molecule has 0 bridgehead atoms. The van der Waals surface area contributed by atoms with Crippen molar-refractivity contribution >= 4 is 21.6 Å². The van der Waals surface area contributed by atoms with Crippen molar-refractivity contribution in [3.05, 3.63) is 38.3 Å². The molecule has 1 aromatic rings. The van der Waals surface area contributed by atoms with Gasteiger partial charge in [0.25, 0.3) is 5.69 Å². The summed E-state index contributed by atoms with van der Waals surface area (Å²) in [4.78, 5) is 12.8. The van der Waals surface area contributed by atoms with Gasteiger partial charge in [0.05, 0.1) is 9.40 Å². The molecule has 1 aromatic carbocycles. The highest BCUT2D eigenvalue weighted by atomic mass is 79.9. The molecule has 0 atom stereocenters. The Kier molecular flexibility index (Phi) is 4.78. The smallest absolute Gasteiger partial charge is 0.283 e. The van der Waals surface area contributed by atoms with E-state index >= 15 is 0 Å². The van der Waals surface area contributed by atoms with E-state index in [0.29, 0.717) is 11.0 Å². The Morgan fingerprint density at radius 2 is 2.15 bits per heavy atom. The lowest BCUT2D eigenvalue weighted by atomic mass is 9.75. The van der Waals surface area contributed by atoms with E-state index in [-0.39, 0.29) is 16.1 Å². The van der Waals surface area contributed by atoms with Crippen LogP contribution >= 0.6 is 15.9 Å². The van der Waals surface area contributed by atoms with Gasteiger partial charge in [-0.1, -0.05) is 12.1 Å². The zero-order chi connectivity index (χ0) is 14.8. The van der Waals surface area contributed by atoms with Gasteiger partial charge in [-0.25, -0.2) is 0 Å². The Labute approximate surface area is 127 Å². The first-order valence-electron chi connectivity index (χ1n) is 6.76. The first-order chi connectivity index (χ1) is 9.46. The maximum absolute atomic E-state index is 10.9. The molecule has 20 heavy (non-hydrogen) atoms. The number of nitrogens with one attached hydrogen (secondary N) is 1. The molecule has 0 aromatic heterocycles. The molecule has 1 N–H and O–H groups in total. The van der Waals surface area contributed by atoms with Crippen LogP contribution in [0.4, 0.5) is 5.69 Å².